The van der Waals surface area contributed by atoms with E-state index in [1.807, 2.05) is 11.4 Å². The van der Waals surface area contributed by atoms with Crippen LogP contribution in [0.2, 0.25) is 0 Å². The number of thiazole rings is 1. The van der Waals surface area contributed by atoms with Crippen molar-refractivity contribution in [2.45, 2.75) is 32.6 Å². The molecule has 2 rings (SSSR count). The Labute approximate surface area is 125 Å². The quantitative estimate of drug-likeness (QED) is 0.696. The summed E-state index contributed by atoms with van der Waals surface area (Å²) < 4.78 is 5.61. The second-order valence-electron chi connectivity index (χ2n) is 4.71. The number of nitrogens with zero attached hydrogens (tertiary/aromatic N) is 1. The fraction of sp³-hybridized carbons (Fsp3) is 0.438. The molecule has 0 amide bonds. The Bertz CT molecular complexity index is 484. The lowest BCUT2D eigenvalue weighted by Crippen LogP contribution is -2.04. The maximum atomic E-state index is 5.61. The molecule has 20 heavy (non-hydrogen) atoms. The minimum atomic E-state index is 0.744. The molecule has 1 aromatic heterocycles. The highest BCUT2D eigenvalue weighted by Crippen LogP contribution is 2.21. The van der Waals surface area contributed by atoms with Gasteiger partial charge in [-0.05, 0) is 18.4 Å². The van der Waals surface area contributed by atoms with Crippen LogP contribution >= 0.6 is 11.3 Å². The molecule has 0 unspecified atom stereocenters. The lowest BCUT2D eigenvalue weighted by molar-refractivity contribution is 0.297. The van der Waals surface area contributed by atoms with Gasteiger partial charge in [0, 0.05) is 6.54 Å². The molecule has 0 aliphatic rings. The van der Waals surface area contributed by atoms with Gasteiger partial charge in [0.05, 0.1) is 12.0 Å². The van der Waals surface area contributed by atoms with Gasteiger partial charge in [0.25, 0.3) is 0 Å². The van der Waals surface area contributed by atoms with Crippen LogP contribution in [0, 0.1) is 0 Å². The summed E-state index contributed by atoms with van der Waals surface area (Å²) in [5, 5.41) is 6.25. The summed E-state index contributed by atoms with van der Waals surface area (Å²) in [5.74, 6) is 0.744. The molecule has 3 nitrogen and oxygen atoms in total. The van der Waals surface area contributed by atoms with Crippen molar-refractivity contribution in [2.24, 2.45) is 0 Å². The number of ether oxygens (including phenoxy) is 1. The molecule has 0 atom stereocenters. The molecule has 0 spiro atoms. The van der Waals surface area contributed by atoms with Gasteiger partial charge in [-0.3, -0.25) is 0 Å². The normalized spacial score (nSPS) is 10.4. The average Bonchev–Trinajstić information content (AvgIpc) is 2.93. The minimum Gasteiger partial charge on any atom is -0.477 e. The number of unbranched alkanes of at least 4 members (excludes halogenated alkanes) is 2. The third kappa shape index (κ3) is 5.21. The zero-order valence-corrected chi connectivity index (χ0v) is 12.8. The number of anilines is 1. The van der Waals surface area contributed by atoms with Crippen molar-refractivity contribution in [1.29, 1.82) is 0 Å². The Morgan fingerprint density at radius 1 is 1.20 bits per heavy atom. The molecule has 0 saturated heterocycles. The van der Waals surface area contributed by atoms with Crippen molar-refractivity contribution in [3.63, 3.8) is 0 Å². The predicted octanol–water partition coefficient (Wildman–Crippen LogP) is 4.37. The number of hydrogen-bond donors (Lipinski definition) is 1. The van der Waals surface area contributed by atoms with Gasteiger partial charge in [-0.2, -0.15) is 4.98 Å². The first-order valence-corrected chi connectivity index (χ1v) is 8.12. The topological polar surface area (TPSA) is 34.1 Å². The molecule has 0 radical (unpaired) electrons. The molecule has 108 valence electrons. The van der Waals surface area contributed by atoms with Crippen LogP contribution in [-0.4, -0.2) is 18.1 Å². The molecule has 1 aromatic carbocycles. The number of rotatable bonds is 9. The largest absolute Gasteiger partial charge is 0.477 e. The lowest BCUT2D eigenvalue weighted by Gasteiger charge is -2.03. The zero-order valence-electron chi connectivity index (χ0n) is 12.0. The highest BCUT2D eigenvalue weighted by atomic mass is 32.1. The van der Waals surface area contributed by atoms with Crippen LogP contribution in [0.1, 0.15) is 31.7 Å². The summed E-state index contributed by atoms with van der Waals surface area (Å²) in [4.78, 5) is 4.42. The summed E-state index contributed by atoms with van der Waals surface area (Å²) >= 11 is 1.60. The first kappa shape index (κ1) is 14.9. The summed E-state index contributed by atoms with van der Waals surface area (Å²) in [6.07, 6.45) is 4.54. The van der Waals surface area contributed by atoms with Crippen LogP contribution < -0.4 is 10.1 Å². The van der Waals surface area contributed by atoms with E-state index < -0.39 is 0 Å². The van der Waals surface area contributed by atoms with E-state index in [0.717, 1.165) is 37.0 Å². The molecule has 4 heteroatoms. The summed E-state index contributed by atoms with van der Waals surface area (Å²) in [6, 6.07) is 10.5. The maximum Gasteiger partial charge on any atom is 0.226 e. The molecule has 0 aliphatic carbocycles. The van der Waals surface area contributed by atoms with Crippen molar-refractivity contribution < 1.29 is 4.74 Å². The Morgan fingerprint density at radius 3 is 2.85 bits per heavy atom. The van der Waals surface area contributed by atoms with Gasteiger partial charge in [0.2, 0.25) is 5.88 Å². The second kappa shape index (κ2) is 8.59. The Kier molecular flexibility index (Phi) is 6.38. The smallest absolute Gasteiger partial charge is 0.226 e. The highest BCUT2D eigenvalue weighted by Gasteiger charge is 2.02. The van der Waals surface area contributed by atoms with Gasteiger partial charge in [-0.1, -0.05) is 50.1 Å². The average molecular weight is 290 g/mol. The van der Waals surface area contributed by atoms with E-state index in [-0.39, 0.29) is 0 Å². The summed E-state index contributed by atoms with van der Waals surface area (Å²) in [6.45, 7) is 3.85. The maximum absolute atomic E-state index is 5.61. The van der Waals surface area contributed by atoms with Gasteiger partial charge < -0.3 is 10.1 Å². The van der Waals surface area contributed by atoms with E-state index in [0.29, 0.717) is 0 Å². The second-order valence-corrected chi connectivity index (χ2v) is 5.57. The summed E-state index contributed by atoms with van der Waals surface area (Å²) in [5.41, 5.74) is 1.34. The predicted molar refractivity (Wildman–Crippen MR) is 85.8 cm³/mol. The number of nitrogens with one attached hydrogen (secondary N) is 1. The van der Waals surface area contributed by atoms with Crippen molar-refractivity contribution in [3.05, 3.63) is 41.3 Å². The van der Waals surface area contributed by atoms with E-state index in [2.05, 4.69) is 41.5 Å². The SMILES string of the molecule is CCCCCOc1csc(NCCc2ccccc2)n1. The fourth-order valence-corrected chi connectivity index (χ4v) is 2.56. The van der Waals surface area contributed by atoms with Crippen LogP contribution in [0.5, 0.6) is 5.88 Å². The van der Waals surface area contributed by atoms with Gasteiger partial charge in [-0.25, -0.2) is 0 Å². The van der Waals surface area contributed by atoms with Crippen LogP contribution in [0.4, 0.5) is 5.13 Å². The van der Waals surface area contributed by atoms with Gasteiger partial charge in [0.1, 0.15) is 0 Å². The molecule has 1 N–H and O–H groups in total. The Hall–Kier alpha value is -1.55. The van der Waals surface area contributed by atoms with Crippen LogP contribution in [-0.2, 0) is 6.42 Å². The standard InChI is InChI=1S/C16H22N2OS/c1-2-3-7-12-19-15-13-20-16(18-15)17-11-10-14-8-5-4-6-9-14/h4-6,8-9,13H,2-3,7,10-12H2,1H3,(H,17,18). The first-order valence-electron chi connectivity index (χ1n) is 7.24. The Balaban J connectivity index is 1.67. The molecule has 0 bridgehead atoms. The van der Waals surface area contributed by atoms with Crippen molar-refractivity contribution >= 4 is 16.5 Å². The number of aromatic nitrogens is 1. The fourth-order valence-electron chi connectivity index (χ4n) is 1.89. The van der Waals surface area contributed by atoms with E-state index >= 15 is 0 Å². The van der Waals surface area contributed by atoms with Gasteiger partial charge in [-0.15, -0.1) is 11.3 Å². The molecule has 0 saturated carbocycles. The zero-order chi connectivity index (χ0) is 14.0. The minimum absolute atomic E-state index is 0.744. The lowest BCUT2D eigenvalue weighted by atomic mass is 10.2. The molecular formula is C16H22N2OS. The van der Waals surface area contributed by atoms with Crippen LogP contribution in [0.25, 0.3) is 0 Å². The molecule has 2 aromatic rings. The van der Waals surface area contributed by atoms with Crippen molar-refractivity contribution in [2.75, 3.05) is 18.5 Å². The third-order valence-electron chi connectivity index (χ3n) is 3.01. The van der Waals surface area contributed by atoms with E-state index in [9.17, 15) is 0 Å². The van der Waals surface area contributed by atoms with Crippen molar-refractivity contribution in [3.8, 4) is 5.88 Å². The summed E-state index contributed by atoms with van der Waals surface area (Å²) in [7, 11) is 0. The highest BCUT2D eigenvalue weighted by molar-refractivity contribution is 7.13. The Morgan fingerprint density at radius 2 is 2.05 bits per heavy atom. The monoisotopic (exact) mass is 290 g/mol. The number of hydrogen-bond acceptors (Lipinski definition) is 4. The molecule has 0 fully saturated rings. The van der Waals surface area contributed by atoms with E-state index in [1.165, 1.54) is 18.4 Å². The van der Waals surface area contributed by atoms with E-state index in [4.69, 9.17) is 4.74 Å². The third-order valence-corrected chi connectivity index (χ3v) is 3.79. The van der Waals surface area contributed by atoms with Gasteiger partial charge in [0.15, 0.2) is 5.13 Å². The molecule has 1 heterocycles. The number of benzene rings is 1. The molecular weight excluding hydrogens is 268 g/mol. The first-order chi connectivity index (χ1) is 9.88. The van der Waals surface area contributed by atoms with Gasteiger partial charge >= 0.3 is 0 Å². The van der Waals surface area contributed by atoms with E-state index in [1.54, 1.807) is 11.3 Å². The van der Waals surface area contributed by atoms with Crippen molar-refractivity contribution in [1.82, 2.24) is 4.98 Å². The van der Waals surface area contributed by atoms with Crippen LogP contribution in [0.15, 0.2) is 35.7 Å². The van der Waals surface area contributed by atoms with Crippen LogP contribution in [0.3, 0.4) is 0 Å². The molecule has 0 aliphatic heterocycles.